The minimum Gasteiger partial charge on any atom is -0.311 e. The summed E-state index contributed by atoms with van der Waals surface area (Å²) in [6.45, 7) is 3.43. The van der Waals surface area contributed by atoms with Gasteiger partial charge in [0, 0.05) is 12.6 Å². The van der Waals surface area contributed by atoms with Crippen molar-refractivity contribution in [2.24, 2.45) is 5.92 Å². The Bertz CT molecular complexity index is 191. The predicted octanol–water partition coefficient (Wildman–Crippen LogP) is 3.27. The highest BCUT2D eigenvalue weighted by Crippen LogP contribution is 2.28. The van der Waals surface area contributed by atoms with E-state index in [4.69, 9.17) is 0 Å². The highest BCUT2D eigenvalue weighted by atomic mass is 14.9. The largest absolute Gasteiger partial charge is 0.311 e. The third kappa shape index (κ3) is 2.84. The molecule has 1 aliphatic carbocycles. The molecule has 14 heavy (non-hydrogen) atoms. The molecule has 1 saturated heterocycles. The maximum Gasteiger partial charge on any atom is 0.0167 e. The number of hydrogen-bond acceptors (Lipinski definition) is 1. The van der Waals surface area contributed by atoms with Crippen LogP contribution >= 0.6 is 0 Å². The Morgan fingerprint density at radius 3 is 2.71 bits per heavy atom. The third-order valence-corrected chi connectivity index (χ3v) is 3.79. The van der Waals surface area contributed by atoms with Crippen LogP contribution in [0.3, 0.4) is 0 Å². The average Bonchev–Trinajstić information content (AvgIpc) is 2.70. The molecule has 2 rings (SSSR count). The fourth-order valence-corrected chi connectivity index (χ4v) is 2.65. The van der Waals surface area contributed by atoms with Crippen molar-refractivity contribution in [3.05, 3.63) is 11.6 Å². The van der Waals surface area contributed by atoms with Crippen LogP contribution in [0.2, 0.25) is 0 Å². The first-order chi connectivity index (χ1) is 6.84. The quantitative estimate of drug-likeness (QED) is 0.664. The summed E-state index contributed by atoms with van der Waals surface area (Å²) in [5, 5.41) is 3.54. The van der Waals surface area contributed by atoms with Crippen molar-refractivity contribution >= 4 is 0 Å². The number of rotatable bonds is 2. The van der Waals surface area contributed by atoms with Gasteiger partial charge in [-0.3, -0.25) is 0 Å². The molecule has 1 nitrogen and oxygen atoms in total. The minimum atomic E-state index is 0.735. The van der Waals surface area contributed by atoms with Gasteiger partial charge in [0.2, 0.25) is 0 Å². The molecule has 1 N–H and O–H groups in total. The molecule has 0 amide bonds. The lowest BCUT2D eigenvalue weighted by Gasteiger charge is -2.22. The normalized spacial score (nSPS) is 32.6. The summed E-state index contributed by atoms with van der Waals surface area (Å²) < 4.78 is 0. The summed E-state index contributed by atoms with van der Waals surface area (Å²) in [5.74, 6) is 1.02. The van der Waals surface area contributed by atoms with E-state index in [9.17, 15) is 0 Å². The Kier molecular flexibility index (Phi) is 3.63. The van der Waals surface area contributed by atoms with E-state index in [1.807, 2.05) is 0 Å². The molecule has 0 spiro atoms. The van der Waals surface area contributed by atoms with Crippen molar-refractivity contribution in [2.75, 3.05) is 6.54 Å². The first kappa shape index (κ1) is 10.2. The van der Waals surface area contributed by atoms with E-state index in [2.05, 4.69) is 18.3 Å². The Hall–Kier alpha value is -0.300. The van der Waals surface area contributed by atoms with Crippen LogP contribution in [-0.4, -0.2) is 12.6 Å². The molecule has 1 heteroatoms. The first-order valence-corrected chi connectivity index (χ1v) is 6.26. The maximum absolute atomic E-state index is 3.54. The van der Waals surface area contributed by atoms with Crippen LogP contribution in [0.25, 0.3) is 0 Å². The predicted molar refractivity (Wildman–Crippen MR) is 61.4 cm³/mol. The zero-order valence-corrected chi connectivity index (χ0v) is 9.39. The van der Waals surface area contributed by atoms with Gasteiger partial charge in [0.15, 0.2) is 0 Å². The lowest BCUT2D eigenvalue weighted by Crippen LogP contribution is -2.32. The Labute approximate surface area is 88.0 Å². The fourth-order valence-electron chi connectivity index (χ4n) is 2.65. The molecule has 1 aliphatic heterocycles. The second-order valence-electron chi connectivity index (χ2n) is 5.07. The minimum absolute atomic E-state index is 0.735. The lowest BCUT2D eigenvalue weighted by molar-refractivity contribution is 0.481. The molecule has 2 aliphatic rings. The summed E-state index contributed by atoms with van der Waals surface area (Å²) in [7, 11) is 0. The van der Waals surface area contributed by atoms with Gasteiger partial charge in [0.05, 0.1) is 0 Å². The number of hydrogen-bond donors (Lipinski definition) is 1. The molecule has 2 fully saturated rings. The van der Waals surface area contributed by atoms with Gasteiger partial charge in [-0.15, -0.1) is 0 Å². The molecule has 0 aromatic carbocycles. The van der Waals surface area contributed by atoms with Crippen molar-refractivity contribution in [1.82, 2.24) is 5.32 Å². The molecule has 0 aromatic rings. The average molecular weight is 193 g/mol. The van der Waals surface area contributed by atoms with E-state index in [0.717, 1.165) is 18.5 Å². The highest BCUT2D eigenvalue weighted by molar-refractivity contribution is 5.08. The standard InChI is InChI=1S/C13H23N/c1-11-6-7-13(10-14-11)9-8-12-4-2-3-5-12/h9,11-12,14H,2-8,10H2,1H3/b13-9+. The molecule has 1 atom stereocenters. The molecule has 0 bridgehead atoms. The molecule has 80 valence electrons. The van der Waals surface area contributed by atoms with Crippen LogP contribution < -0.4 is 5.32 Å². The van der Waals surface area contributed by atoms with Crippen LogP contribution in [0.1, 0.15) is 51.9 Å². The van der Waals surface area contributed by atoms with Crippen LogP contribution in [0, 0.1) is 5.92 Å². The van der Waals surface area contributed by atoms with Gasteiger partial charge in [0.1, 0.15) is 0 Å². The van der Waals surface area contributed by atoms with Crippen molar-refractivity contribution < 1.29 is 0 Å². The van der Waals surface area contributed by atoms with Crippen molar-refractivity contribution in [3.63, 3.8) is 0 Å². The van der Waals surface area contributed by atoms with E-state index in [1.54, 1.807) is 5.57 Å². The summed E-state index contributed by atoms with van der Waals surface area (Å²) in [6.07, 6.45) is 12.4. The zero-order chi connectivity index (χ0) is 9.80. The number of piperidine rings is 1. The van der Waals surface area contributed by atoms with Gasteiger partial charge < -0.3 is 5.32 Å². The summed E-state index contributed by atoms with van der Waals surface area (Å²) >= 11 is 0. The summed E-state index contributed by atoms with van der Waals surface area (Å²) in [6, 6.07) is 0.735. The SMILES string of the molecule is CC1CC/C(=C\CC2CCCC2)CN1. The van der Waals surface area contributed by atoms with E-state index in [1.165, 1.54) is 44.9 Å². The second kappa shape index (κ2) is 4.97. The molecular formula is C13H23N. The Balaban J connectivity index is 1.74. The van der Waals surface area contributed by atoms with Crippen LogP contribution in [0.4, 0.5) is 0 Å². The van der Waals surface area contributed by atoms with Crippen LogP contribution in [0.5, 0.6) is 0 Å². The number of nitrogens with one attached hydrogen (secondary N) is 1. The lowest BCUT2D eigenvalue weighted by atomic mass is 9.97. The summed E-state index contributed by atoms with van der Waals surface area (Å²) in [5.41, 5.74) is 1.66. The molecule has 0 aromatic heterocycles. The zero-order valence-electron chi connectivity index (χ0n) is 9.39. The smallest absolute Gasteiger partial charge is 0.0167 e. The van der Waals surface area contributed by atoms with Crippen LogP contribution in [0.15, 0.2) is 11.6 Å². The van der Waals surface area contributed by atoms with E-state index in [-0.39, 0.29) is 0 Å². The fraction of sp³-hybridized carbons (Fsp3) is 0.846. The number of allylic oxidation sites excluding steroid dienone is 1. The van der Waals surface area contributed by atoms with E-state index < -0.39 is 0 Å². The van der Waals surface area contributed by atoms with Gasteiger partial charge in [-0.05, 0) is 32.1 Å². The monoisotopic (exact) mass is 193 g/mol. The molecular weight excluding hydrogens is 170 g/mol. The van der Waals surface area contributed by atoms with Gasteiger partial charge in [-0.2, -0.15) is 0 Å². The summed E-state index contributed by atoms with van der Waals surface area (Å²) in [4.78, 5) is 0. The van der Waals surface area contributed by atoms with Crippen molar-refractivity contribution in [3.8, 4) is 0 Å². The van der Waals surface area contributed by atoms with Crippen molar-refractivity contribution in [2.45, 2.75) is 57.9 Å². The molecule has 1 heterocycles. The Morgan fingerprint density at radius 2 is 2.07 bits per heavy atom. The Morgan fingerprint density at radius 1 is 1.29 bits per heavy atom. The third-order valence-electron chi connectivity index (χ3n) is 3.79. The van der Waals surface area contributed by atoms with E-state index in [0.29, 0.717) is 0 Å². The topological polar surface area (TPSA) is 12.0 Å². The maximum atomic E-state index is 3.54. The van der Waals surface area contributed by atoms with Gasteiger partial charge >= 0.3 is 0 Å². The van der Waals surface area contributed by atoms with Gasteiger partial charge in [-0.25, -0.2) is 0 Å². The first-order valence-electron chi connectivity index (χ1n) is 6.26. The molecule has 1 unspecified atom stereocenters. The molecule has 0 radical (unpaired) electrons. The molecule has 1 saturated carbocycles. The van der Waals surface area contributed by atoms with Gasteiger partial charge in [-0.1, -0.05) is 37.3 Å². The highest BCUT2D eigenvalue weighted by Gasteiger charge is 2.15. The van der Waals surface area contributed by atoms with Crippen molar-refractivity contribution in [1.29, 1.82) is 0 Å². The van der Waals surface area contributed by atoms with Gasteiger partial charge in [0.25, 0.3) is 0 Å². The van der Waals surface area contributed by atoms with E-state index >= 15 is 0 Å². The second-order valence-corrected chi connectivity index (χ2v) is 5.07. The van der Waals surface area contributed by atoms with Crippen LogP contribution in [-0.2, 0) is 0 Å².